The summed E-state index contributed by atoms with van der Waals surface area (Å²) >= 11 is 0. The fourth-order valence-corrected chi connectivity index (χ4v) is 1.73. The first kappa shape index (κ1) is 11.4. The number of aliphatic hydroxyl groups is 1. The molecule has 0 radical (unpaired) electrons. The van der Waals surface area contributed by atoms with Crippen LogP contribution in [0.25, 0.3) is 6.08 Å². The van der Waals surface area contributed by atoms with Crippen LogP contribution in [-0.4, -0.2) is 10.2 Å². The van der Waals surface area contributed by atoms with E-state index in [0.29, 0.717) is 5.56 Å². The maximum atomic E-state index is 10.2. The third-order valence-electron chi connectivity index (χ3n) is 2.70. The van der Waals surface area contributed by atoms with Gasteiger partial charge in [-0.2, -0.15) is 0 Å². The third-order valence-corrected chi connectivity index (χ3v) is 2.70. The highest BCUT2D eigenvalue weighted by Crippen LogP contribution is 2.26. The van der Waals surface area contributed by atoms with E-state index in [9.17, 15) is 10.2 Å². The van der Waals surface area contributed by atoms with Gasteiger partial charge in [0.2, 0.25) is 0 Å². The van der Waals surface area contributed by atoms with Crippen LogP contribution in [0.4, 0.5) is 0 Å². The molecule has 2 nitrogen and oxygen atoms in total. The minimum Gasteiger partial charge on any atom is -0.507 e. The Balaban J connectivity index is 2.38. The molecule has 2 rings (SSSR count). The Morgan fingerprint density at radius 2 is 1.71 bits per heavy atom. The second-order valence-corrected chi connectivity index (χ2v) is 3.84. The molecule has 0 saturated heterocycles. The molecule has 86 valence electrons. The first-order chi connectivity index (χ1) is 8.22. The standard InChI is InChI=1S/C15H14O2/c1-2-11-10-13(8-9-14(11)16)15(17)12-6-4-3-5-7-12/h2-10,15-17H,1H2. The Labute approximate surface area is 100 Å². The smallest absolute Gasteiger partial charge is 0.122 e. The maximum Gasteiger partial charge on any atom is 0.122 e. The number of aliphatic hydroxyl groups excluding tert-OH is 1. The highest BCUT2D eigenvalue weighted by Gasteiger charge is 2.11. The van der Waals surface area contributed by atoms with Crippen LogP contribution in [0, 0.1) is 0 Å². The van der Waals surface area contributed by atoms with E-state index >= 15 is 0 Å². The van der Waals surface area contributed by atoms with Gasteiger partial charge in [-0.15, -0.1) is 0 Å². The number of hydrogen-bond acceptors (Lipinski definition) is 2. The quantitative estimate of drug-likeness (QED) is 0.844. The maximum absolute atomic E-state index is 10.2. The van der Waals surface area contributed by atoms with E-state index in [-0.39, 0.29) is 5.75 Å². The van der Waals surface area contributed by atoms with Gasteiger partial charge in [0.15, 0.2) is 0 Å². The first-order valence-electron chi connectivity index (χ1n) is 5.40. The SMILES string of the molecule is C=Cc1cc(C(O)c2ccccc2)ccc1O. The van der Waals surface area contributed by atoms with Crippen molar-refractivity contribution >= 4 is 6.08 Å². The number of phenols is 1. The molecule has 0 aliphatic heterocycles. The number of rotatable bonds is 3. The van der Waals surface area contributed by atoms with E-state index in [1.807, 2.05) is 30.3 Å². The Morgan fingerprint density at radius 3 is 2.35 bits per heavy atom. The van der Waals surface area contributed by atoms with Gasteiger partial charge in [0.05, 0.1) is 0 Å². The molecule has 0 saturated carbocycles. The molecule has 0 aliphatic rings. The monoisotopic (exact) mass is 226 g/mol. The second kappa shape index (κ2) is 4.85. The minimum atomic E-state index is -0.685. The zero-order valence-corrected chi connectivity index (χ0v) is 9.38. The van der Waals surface area contributed by atoms with Crippen LogP contribution >= 0.6 is 0 Å². The van der Waals surface area contributed by atoms with Gasteiger partial charge < -0.3 is 10.2 Å². The van der Waals surface area contributed by atoms with E-state index in [1.54, 1.807) is 24.3 Å². The molecule has 2 N–H and O–H groups in total. The fourth-order valence-electron chi connectivity index (χ4n) is 1.73. The normalized spacial score (nSPS) is 12.1. The lowest BCUT2D eigenvalue weighted by atomic mass is 9.99. The van der Waals surface area contributed by atoms with Crippen LogP contribution in [-0.2, 0) is 0 Å². The van der Waals surface area contributed by atoms with Crippen molar-refractivity contribution in [1.82, 2.24) is 0 Å². The van der Waals surface area contributed by atoms with Gasteiger partial charge >= 0.3 is 0 Å². The lowest BCUT2D eigenvalue weighted by Crippen LogP contribution is -1.99. The summed E-state index contributed by atoms with van der Waals surface area (Å²) in [6.45, 7) is 3.62. The number of phenolic OH excluding ortho intramolecular Hbond substituents is 1. The zero-order chi connectivity index (χ0) is 12.3. The second-order valence-electron chi connectivity index (χ2n) is 3.84. The van der Waals surface area contributed by atoms with Gasteiger partial charge in [0.25, 0.3) is 0 Å². The van der Waals surface area contributed by atoms with Gasteiger partial charge in [-0.1, -0.05) is 49.1 Å². The summed E-state index contributed by atoms with van der Waals surface area (Å²) in [5.41, 5.74) is 2.19. The van der Waals surface area contributed by atoms with Crippen molar-refractivity contribution in [1.29, 1.82) is 0 Å². The van der Waals surface area contributed by atoms with Crippen LogP contribution in [0.2, 0.25) is 0 Å². The fraction of sp³-hybridized carbons (Fsp3) is 0.0667. The first-order valence-corrected chi connectivity index (χ1v) is 5.40. The van der Waals surface area contributed by atoms with E-state index in [2.05, 4.69) is 6.58 Å². The van der Waals surface area contributed by atoms with Crippen molar-refractivity contribution in [2.45, 2.75) is 6.10 Å². The molecular formula is C15H14O2. The molecule has 1 atom stereocenters. The molecule has 0 amide bonds. The topological polar surface area (TPSA) is 40.5 Å². The van der Waals surface area contributed by atoms with Crippen LogP contribution in [0.3, 0.4) is 0 Å². The molecule has 2 heteroatoms. The Morgan fingerprint density at radius 1 is 1.00 bits per heavy atom. The summed E-state index contributed by atoms with van der Waals surface area (Å²) in [5.74, 6) is 0.170. The summed E-state index contributed by atoms with van der Waals surface area (Å²) in [6.07, 6.45) is 0.881. The van der Waals surface area contributed by atoms with Crippen LogP contribution < -0.4 is 0 Å². The molecule has 0 heterocycles. The Hall–Kier alpha value is -2.06. The van der Waals surface area contributed by atoms with Crippen molar-refractivity contribution in [3.05, 3.63) is 71.8 Å². The molecule has 0 aliphatic carbocycles. The average Bonchev–Trinajstić information content (AvgIpc) is 2.39. The number of aromatic hydroxyl groups is 1. The molecule has 1 unspecified atom stereocenters. The van der Waals surface area contributed by atoms with Crippen LogP contribution in [0.15, 0.2) is 55.1 Å². The Bertz CT molecular complexity index is 518. The summed E-state index contributed by atoms with van der Waals surface area (Å²) in [5, 5.41) is 19.7. The molecule has 17 heavy (non-hydrogen) atoms. The van der Waals surface area contributed by atoms with Crippen molar-refractivity contribution < 1.29 is 10.2 Å². The van der Waals surface area contributed by atoms with Crippen molar-refractivity contribution in [2.75, 3.05) is 0 Å². The van der Waals surface area contributed by atoms with E-state index in [1.165, 1.54) is 0 Å². The van der Waals surface area contributed by atoms with E-state index < -0.39 is 6.10 Å². The van der Waals surface area contributed by atoms with Crippen molar-refractivity contribution in [3.63, 3.8) is 0 Å². The number of benzene rings is 2. The van der Waals surface area contributed by atoms with Gasteiger partial charge in [0.1, 0.15) is 11.9 Å². The zero-order valence-electron chi connectivity index (χ0n) is 9.38. The van der Waals surface area contributed by atoms with Crippen LogP contribution in [0.1, 0.15) is 22.8 Å². The highest BCUT2D eigenvalue weighted by atomic mass is 16.3. The molecule has 2 aromatic carbocycles. The average molecular weight is 226 g/mol. The summed E-state index contributed by atoms with van der Waals surface area (Å²) < 4.78 is 0. The minimum absolute atomic E-state index is 0.170. The molecular weight excluding hydrogens is 212 g/mol. The Kier molecular flexibility index (Phi) is 3.26. The van der Waals surface area contributed by atoms with Gasteiger partial charge in [-0.25, -0.2) is 0 Å². The number of hydrogen-bond donors (Lipinski definition) is 2. The molecule has 0 aromatic heterocycles. The summed E-state index contributed by atoms with van der Waals surface area (Å²) in [6, 6.07) is 14.4. The predicted molar refractivity (Wildman–Crippen MR) is 68.7 cm³/mol. The van der Waals surface area contributed by atoms with Gasteiger partial charge in [-0.3, -0.25) is 0 Å². The lowest BCUT2D eigenvalue weighted by molar-refractivity contribution is 0.220. The van der Waals surface area contributed by atoms with Gasteiger partial charge in [0, 0.05) is 5.56 Å². The lowest BCUT2D eigenvalue weighted by Gasteiger charge is -2.12. The molecule has 0 bridgehead atoms. The van der Waals surface area contributed by atoms with Crippen molar-refractivity contribution in [3.8, 4) is 5.75 Å². The molecule has 0 spiro atoms. The van der Waals surface area contributed by atoms with E-state index in [0.717, 1.165) is 11.1 Å². The highest BCUT2D eigenvalue weighted by molar-refractivity contribution is 5.56. The molecule has 2 aromatic rings. The summed E-state index contributed by atoms with van der Waals surface area (Å²) in [7, 11) is 0. The predicted octanol–water partition coefficient (Wildman–Crippen LogP) is 3.12. The summed E-state index contributed by atoms with van der Waals surface area (Å²) in [4.78, 5) is 0. The van der Waals surface area contributed by atoms with Crippen molar-refractivity contribution in [2.24, 2.45) is 0 Å². The molecule has 0 fully saturated rings. The van der Waals surface area contributed by atoms with Gasteiger partial charge in [-0.05, 0) is 23.3 Å². The largest absolute Gasteiger partial charge is 0.507 e. The van der Waals surface area contributed by atoms with E-state index in [4.69, 9.17) is 0 Å². The van der Waals surface area contributed by atoms with Crippen LogP contribution in [0.5, 0.6) is 5.75 Å². The third kappa shape index (κ3) is 2.37.